The molecule has 0 unspecified atom stereocenters. The third-order valence-electron chi connectivity index (χ3n) is 2.65. The van der Waals surface area contributed by atoms with Gasteiger partial charge in [0.1, 0.15) is 11.3 Å². The Bertz CT molecular complexity index is 706. The maximum atomic E-state index is 12.1. The average Bonchev–Trinajstić information content (AvgIpc) is 2.47. The summed E-state index contributed by atoms with van der Waals surface area (Å²) in [6, 6.07) is 7.61. The van der Waals surface area contributed by atoms with Crippen LogP contribution in [0.1, 0.15) is 15.9 Å². The van der Waals surface area contributed by atoms with Gasteiger partial charge in [0, 0.05) is 11.8 Å². The van der Waals surface area contributed by atoms with E-state index in [0.717, 1.165) is 12.3 Å². The average molecular weight is 308 g/mol. The Labute approximate surface area is 124 Å². The van der Waals surface area contributed by atoms with Crippen molar-refractivity contribution in [3.05, 3.63) is 62.9 Å². The number of amides is 1. The van der Waals surface area contributed by atoms with Gasteiger partial charge in [-0.1, -0.05) is 23.7 Å². The molecule has 1 amide bonds. The van der Waals surface area contributed by atoms with Gasteiger partial charge >= 0.3 is 0 Å². The number of pyridine rings is 1. The van der Waals surface area contributed by atoms with Crippen LogP contribution >= 0.6 is 11.6 Å². The normalized spacial score (nSPS) is 10.2. The molecule has 0 aliphatic heterocycles. The number of anilines is 1. The van der Waals surface area contributed by atoms with Crippen LogP contribution in [0.5, 0.6) is 0 Å². The predicted molar refractivity (Wildman–Crippen MR) is 76.2 cm³/mol. The fourth-order valence-electron chi connectivity index (χ4n) is 1.64. The van der Waals surface area contributed by atoms with Crippen LogP contribution in [0, 0.1) is 10.1 Å². The summed E-state index contributed by atoms with van der Waals surface area (Å²) >= 11 is 5.79. The largest absolute Gasteiger partial charge is 0.392 e. The van der Waals surface area contributed by atoms with Crippen LogP contribution < -0.4 is 5.32 Å². The molecular weight excluding hydrogens is 298 g/mol. The van der Waals surface area contributed by atoms with Gasteiger partial charge in [-0.05, 0) is 17.7 Å². The highest BCUT2D eigenvalue weighted by atomic mass is 35.5. The van der Waals surface area contributed by atoms with E-state index in [-0.39, 0.29) is 23.0 Å². The Morgan fingerprint density at radius 2 is 2.19 bits per heavy atom. The van der Waals surface area contributed by atoms with E-state index in [0.29, 0.717) is 11.3 Å². The van der Waals surface area contributed by atoms with Crippen LogP contribution in [0.3, 0.4) is 0 Å². The second-order valence-corrected chi connectivity index (χ2v) is 4.46. The van der Waals surface area contributed by atoms with Gasteiger partial charge in [0.25, 0.3) is 11.6 Å². The van der Waals surface area contributed by atoms with Crippen molar-refractivity contribution >= 4 is 28.9 Å². The number of hydrogen-bond donors (Lipinski definition) is 2. The molecule has 2 rings (SSSR count). The molecule has 108 valence electrons. The lowest BCUT2D eigenvalue weighted by Gasteiger charge is -2.07. The summed E-state index contributed by atoms with van der Waals surface area (Å²) in [7, 11) is 0. The quantitative estimate of drug-likeness (QED) is 0.512. The summed E-state index contributed by atoms with van der Waals surface area (Å²) in [5.74, 6) is -0.619. The van der Waals surface area contributed by atoms with Crippen LogP contribution in [-0.2, 0) is 6.61 Å². The van der Waals surface area contributed by atoms with Crippen LogP contribution in [0.25, 0.3) is 0 Å². The molecule has 2 aromatic rings. The number of carbonyl (C=O) groups excluding carboxylic acids is 1. The molecule has 0 bridgehead atoms. The Kier molecular flexibility index (Phi) is 4.46. The second-order valence-electron chi connectivity index (χ2n) is 4.10. The molecule has 0 aliphatic carbocycles. The van der Waals surface area contributed by atoms with E-state index >= 15 is 0 Å². The highest BCUT2D eigenvalue weighted by molar-refractivity contribution is 6.33. The third kappa shape index (κ3) is 3.53. The lowest BCUT2D eigenvalue weighted by molar-refractivity contribution is -0.385. The fraction of sp³-hybridized carbons (Fsp3) is 0.0769. The first-order valence-electron chi connectivity index (χ1n) is 5.82. The Balaban J connectivity index is 2.27. The van der Waals surface area contributed by atoms with E-state index in [1.54, 1.807) is 24.3 Å². The number of carbonyl (C=O) groups is 1. The first-order chi connectivity index (χ1) is 10.0. The Hall–Kier alpha value is -2.51. The predicted octanol–water partition coefficient (Wildman–Crippen LogP) is 2.39. The van der Waals surface area contributed by atoms with Gasteiger partial charge in [-0.15, -0.1) is 0 Å². The minimum absolute atomic E-state index is 0.0970. The Morgan fingerprint density at radius 1 is 1.43 bits per heavy atom. The zero-order valence-corrected chi connectivity index (χ0v) is 11.4. The van der Waals surface area contributed by atoms with Crippen LogP contribution in [0.4, 0.5) is 11.4 Å². The SMILES string of the molecule is O=C(Nc1cccc(CO)c1)c1cc([N+](=O)[O-])cnc1Cl. The number of aliphatic hydroxyl groups excluding tert-OH is 1. The van der Waals surface area contributed by atoms with Gasteiger partial charge in [0.15, 0.2) is 0 Å². The second kappa shape index (κ2) is 6.29. The first kappa shape index (κ1) is 14.9. The van der Waals surface area contributed by atoms with Gasteiger partial charge in [0.2, 0.25) is 0 Å². The third-order valence-corrected chi connectivity index (χ3v) is 2.95. The highest BCUT2D eigenvalue weighted by Gasteiger charge is 2.17. The number of benzene rings is 1. The minimum Gasteiger partial charge on any atom is -0.392 e. The Morgan fingerprint density at radius 3 is 2.86 bits per heavy atom. The molecule has 0 saturated carbocycles. The van der Waals surface area contributed by atoms with E-state index in [4.69, 9.17) is 16.7 Å². The standard InChI is InChI=1S/C13H10ClN3O4/c14-12-11(5-10(6-15-12)17(20)21)13(19)16-9-3-1-2-8(4-9)7-18/h1-6,18H,7H2,(H,16,19). The monoisotopic (exact) mass is 307 g/mol. The van der Waals surface area contributed by atoms with Crippen LogP contribution in [0.2, 0.25) is 5.15 Å². The van der Waals surface area contributed by atoms with Gasteiger partial charge in [0.05, 0.1) is 17.1 Å². The summed E-state index contributed by atoms with van der Waals surface area (Å²) in [5, 5.41) is 22.1. The van der Waals surface area contributed by atoms with E-state index in [2.05, 4.69) is 10.3 Å². The van der Waals surface area contributed by atoms with Crippen molar-refractivity contribution in [3.8, 4) is 0 Å². The van der Waals surface area contributed by atoms with Gasteiger partial charge in [-0.2, -0.15) is 0 Å². The first-order valence-corrected chi connectivity index (χ1v) is 6.20. The molecule has 0 saturated heterocycles. The van der Waals surface area contributed by atoms with Gasteiger partial charge < -0.3 is 10.4 Å². The van der Waals surface area contributed by atoms with Crippen molar-refractivity contribution in [3.63, 3.8) is 0 Å². The van der Waals surface area contributed by atoms with Crippen molar-refractivity contribution in [1.82, 2.24) is 4.98 Å². The van der Waals surface area contributed by atoms with Crippen LogP contribution in [-0.4, -0.2) is 20.9 Å². The van der Waals surface area contributed by atoms with E-state index in [1.807, 2.05) is 0 Å². The van der Waals surface area contributed by atoms with E-state index in [9.17, 15) is 14.9 Å². The molecule has 7 nitrogen and oxygen atoms in total. The summed E-state index contributed by atoms with van der Waals surface area (Å²) in [6.07, 6.45) is 0.978. The van der Waals surface area contributed by atoms with Gasteiger partial charge in [-0.3, -0.25) is 14.9 Å². The molecule has 8 heteroatoms. The molecule has 2 N–H and O–H groups in total. The molecule has 1 aromatic heterocycles. The molecular formula is C13H10ClN3O4. The number of nitrogens with one attached hydrogen (secondary N) is 1. The number of nitrogens with zero attached hydrogens (tertiary/aromatic N) is 2. The van der Waals surface area contributed by atoms with Crippen molar-refractivity contribution in [2.75, 3.05) is 5.32 Å². The molecule has 0 fully saturated rings. The number of aliphatic hydroxyl groups is 1. The lowest BCUT2D eigenvalue weighted by Crippen LogP contribution is -2.13. The van der Waals surface area contributed by atoms with Gasteiger partial charge in [-0.25, -0.2) is 4.98 Å². The number of hydrogen-bond acceptors (Lipinski definition) is 5. The number of nitro groups is 1. The van der Waals surface area contributed by atoms with Crippen molar-refractivity contribution < 1.29 is 14.8 Å². The molecule has 0 spiro atoms. The molecule has 21 heavy (non-hydrogen) atoms. The molecule has 0 radical (unpaired) electrons. The number of halogens is 1. The highest BCUT2D eigenvalue weighted by Crippen LogP contribution is 2.21. The molecule has 1 aromatic carbocycles. The molecule has 0 atom stereocenters. The fourth-order valence-corrected chi connectivity index (χ4v) is 1.83. The number of aromatic nitrogens is 1. The summed E-state index contributed by atoms with van der Waals surface area (Å²) in [4.78, 5) is 25.7. The minimum atomic E-state index is -0.660. The van der Waals surface area contributed by atoms with Crippen molar-refractivity contribution in [2.45, 2.75) is 6.61 Å². The van der Waals surface area contributed by atoms with Crippen molar-refractivity contribution in [2.24, 2.45) is 0 Å². The number of rotatable bonds is 4. The molecule has 1 heterocycles. The maximum Gasteiger partial charge on any atom is 0.288 e. The molecule has 0 aliphatic rings. The van der Waals surface area contributed by atoms with E-state index in [1.165, 1.54) is 0 Å². The summed E-state index contributed by atoms with van der Waals surface area (Å²) in [5.41, 5.74) is 0.638. The van der Waals surface area contributed by atoms with Crippen molar-refractivity contribution in [1.29, 1.82) is 0 Å². The lowest BCUT2D eigenvalue weighted by atomic mass is 10.2. The smallest absolute Gasteiger partial charge is 0.288 e. The zero-order valence-electron chi connectivity index (χ0n) is 10.6. The topological polar surface area (TPSA) is 105 Å². The maximum absolute atomic E-state index is 12.1. The summed E-state index contributed by atoms with van der Waals surface area (Å²) in [6.45, 7) is -0.164. The zero-order chi connectivity index (χ0) is 15.4. The summed E-state index contributed by atoms with van der Waals surface area (Å²) < 4.78 is 0. The van der Waals surface area contributed by atoms with Crippen LogP contribution in [0.15, 0.2) is 36.5 Å². The van der Waals surface area contributed by atoms with E-state index < -0.39 is 10.8 Å².